The van der Waals surface area contributed by atoms with E-state index in [9.17, 15) is 9.90 Å². The zero-order valence-corrected chi connectivity index (χ0v) is 18.3. The van der Waals surface area contributed by atoms with Crippen LogP contribution in [-0.2, 0) is 9.53 Å². The highest BCUT2D eigenvalue weighted by molar-refractivity contribution is 6.01. The van der Waals surface area contributed by atoms with Gasteiger partial charge in [-0.25, -0.2) is 0 Å². The average molecular weight is 419 g/mol. The van der Waals surface area contributed by atoms with E-state index in [1.807, 2.05) is 36.4 Å². The van der Waals surface area contributed by atoms with E-state index in [1.165, 1.54) is 11.1 Å². The molecule has 1 aromatic rings. The molecular weight excluding hydrogens is 388 g/mol. The van der Waals surface area contributed by atoms with E-state index in [-0.39, 0.29) is 16.6 Å². The molecule has 1 saturated heterocycles. The molecule has 4 nitrogen and oxygen atoms in total. The number of rotatable bonds is 3. The molecule has 3 fully saturated rings. The third-order valence-corrected chi connectivity index (χ3v) is 9.16. The highest BCUT2D eigenvalue weighted by Crippen LogP contribution is 2.68. The highest BCUT2D eigenvalue weighted by atomic mass is 16.8. The quantitative estimate of drug-likeness (QED) is 0.568. The van der Waals surface area contributed by atoms with Gasteiger partial charge in [0.1, 0.15) is 18.0 Å². The molecule has 0 aromatic heterocycles. The summed E-state index contributed by atoms with van der Waals surface area (Å²) in [5, 5.41) is 12.2. The second-order valence-corrected chi connectivity index (χ2v) is 10.5. The summed E-state index contributed by atoms with van der Waals surface area (Å²) in [4.78, 5) is 12.0. The molecule has 1 aromatic carbocycles. The molecule has 0 bridgehead atoms. The lowest BCUT2D eigenvalue weighted by molar-refractivity contribution is -0.192. The number of ketones is 1. The Kier molecular flexibility index (Phi) is 3.90. The standard InChI is InChI=1S/C27H30O4/c1-24-13-10-19(28)16-18(24)8-9-21-22(24)11-14-25(2)23(21)12-15-26(25,29)27(17-30-27)31-20-6-4-3-5-7-20/h3-7,10-11,13,16,21,23,29H,8-9,12,14-15,17H2,1-2H3/t21-,23+,24+,25+,26-,27-/m1/s1. The zero-order chi connectivity index (χ0) is 21.5. The molecule has 0 amide bonds. The monoisotopic (exact) mass is 418 g/mol. The molecular formula is C27H30O4. The fourth-order valence-electron chi connectivity index (χ4n) is 7.29. The fourth-order valence-corrected chi connectivity index (χ4v) is 7.29. The van der Waals surface area contributed by atoms with Gasteiger partial charge < -0.3 is 14.6 Å². The topological polar surface area (TPSA) is 59.1 Å². The number of carbonyl (C=O) groups is 1. The first-order valence-corrected chi connectivity index (χ1v) is 11.6. The van der Waals surface area contributed by atoms with Crippen LogP contribution in [0.1, 0.15) is 46.0 Å². The van der Waals surface area contributed by atoms with Gasteiger partial charge in [0.2, 0.25) is 0 Å². The number of ether oxygens (including phenoxy) is 2. The Bertz CT molecular complexity index is 1030. The minimum Gasteiger partial charge on any atom is -0.457 e. The van der Waals surface area contributed by atoms with Gasteiger partial charge in [-0.1, -0.05) is 48.4 Å². The highest BCUT2D eigenvalue weighted by Gasteiger charge is 2.75. The van der Waals surface area contributed by atoms with E-state index in [2.05, 4.69) is 26.0 Å². The Morgan fingerprint density at radius 1 is 1.16 bits per heavy atom. The number of carbonyl (C=O) groups excluding carboxylic acids is 1. The Hall–Kier alpha value is -2.17. The third-order valence-electron chi connectivity index (χ3n) is 9.16. The van der Waals surface area contributed by atoms with Crippen molar-refractivity contribution in [1.82, 2.24) is 0 Å². The molecule has 1 N–H and O–H groups in total. The summed E-state index contributed by atoms with van der Waals surface area (Å²) in [5.74, 6) is 0.685. The van der Waals surface area contributed by atoms with Gasteiger partial charge in [-0.2, -0.15) is 0 Å². The summed E-state index contributed by atoms with van der Waals surface area (Å²) in [7, 11) is 0. The first kappa shape index (κ1) is 19.5. The summed E-state index contributed by atoms with van der Waals surface area (Å²) < 4.78 is 12.2. The van der Waals surface area contributed by atoms with Crippen LogP contribution in [-0.4, -0.2) is 28.9 Å². The normalized spacial score (nSPS) is 45.2. The lowest BCUT2D eigenvalue weighted by Crippen LogP contribution is -2.60. The summed E-state index contributed by atoms with van der Waals surface area (Å²) >= 11 is 0. The van der Waals surface area contributed by atoms with E-state index in [0.717, 1.165) is 31.4 Å². The molecule has 2 saturated carbocycles. The average Bonchev–Trinajstić information content (AvgIpc) is 3.49. The van der Waals surface area contributed by atoms with Crippen LogP contribution in [0.2, 0.25) is 0 Å². The van der Waals surface area contributed by atoms with Crippen molar-refractivity contribution < 1.29 is 19.4 Å². The fraction of sp³-hybridized carbons (Fsp3) is 0.519. The van der Waals surface area contributed by atoms with Crippen molar-refractivity contribution >= 4 is 5.78 Å². The largest absolute Gasteiger partial charge is 0.457 e. The number of fused-ring (bicyclic) bond motifs is 5. The number of allylic oxidation sites excluding steroid dienone is 6. The van der Waals surface area contributed by atoms with Crippen LogP contribution < -0.4 is 4.74 Å². The van der Waals surface area contributed by atoms with Crippen molar-refractivity contribution in [2.45, 2.75) is 57.3 Å². The van der Waals surface area contributed by atoms with Gasteiger partial charge in [0.25, 0.3) is 5.79 Å². The van der Waals surface area contributed by atoms with Crippen LogP contribution in [0.4, 0.5) is 0 Å². The van der Waals surface area contributed by atoms with Crippen LogP contribution in [0.5, 0.6) is 5.75 Å². The van der Waals surface area contributed by atoms with Crippen LogP contribution in [0.3, 0.4) is 0 Å². The van der Waals surface area contributed by atoms with E-state index in [1.54, 1.807) is 6.08 Å². The molecule has 6 rings (SSSR count). The number of aliphatic hydroxyl groups is 1. The molecule has 1 aliphatic heterocycles. The molecule has 5 aliphatic rings. The predicted molar refractivity (Wildman–Crippen MR) is 117 cm³/mol. The van der Waals surface area contributed by atoms with Crippen molar-refractivity contribution in [2.75, 3.05) is 6.61 Å². The van der Waals surface area contributed by atoms with Gasteiger partial charge in [0, 0.05) is 10.8 Å². The molecule has 0 unspecified atom stereocenters. The number of hydrogen-bond acceptors (Lipinski definition) is 4. The molecule has 31 heavy (non-hydrogen) atoms. The Balaban J connectivity index is 1.36. The van der Waals surface area contributed by atoms with Crippen LogP contribution in [0, 0.1) is 22.7 Å². The SMILES string of the molecule is C[C@]12C=CC(=O)C=C1CC[C@@H]1C2=CC[C@@]2(C)[C@H]1CC[C@]2(O)[C@]1(Oc2ccccc2)CO1. The second-order valence-electron chi connectivity index (χ2n) is 10.5. The van der Waals surface area contributed by atoms with E-state index in [0.29, 0.717) is 24.9 Å². The predicted octanol–water partition coefficient (Wildman–Crippen LogP) is 4.75. The second kappa shape index (κ2) is 6.20. The van der Waals surface area contributed by atoms with Crippen molar-refractivity contribution in [3.63, 3.8) is 0 Å². The van der Waals surface area contributed by atoms with E-state index >= 15 is 0 Å². The smallest absolute Gasteiger partial charge is 0.264 e. The van der Waals surface area contributed by atoms with Crippen LogP contribution >= 0.6 is 0 Å². The van der Waals surface area contributed by atoms with Crippen molar-refractivity contribution in [3.05, 3.63) is 65.8 Å². The first-order chi connectivity index (χ1) is 14.8. The number of para-hydroxylation sites is 1. The minimum atomic E-state index is -1.03. The molecule has 6 atom stereocenters. The van der Waals surface area contributed by atoms with Crippen LogP contribution in [0.15, 0.2) is 65.8 Å². The van der Waals surface area contributed by atoms with Gasteiger partial charge in [-0.3, -0.25) is 4.79 Å². The first-order valence-electron chi connectivity index (χ1n) is 11.6. The number of hydrogen-bond donors (Lipinski definition) is 1. The Morgan fingerprint density at radius 3 is 2.68 bits per heavy atom. The van der Waals surface area contributed by atoms with Gasteiger partial charge in [-0.05, 0) is 75.1 Å². The minimum absolute atomic E-state index is 0.105. The van der Waals surface area contributed by atoms with Gasteiger partial charge in [0.15, 0.2) is 5.78 Å². The van der Waals surface area contributed by atoms with Crippen molar-refractivity contribution in [2.24, 2.45) is 22.7 Å². The zero-order valence-electron chi connectivity index (χ0n) is 18.3. The Morgan fingerprint density at radius 2 is 1.94 bits per heavy atom. The maximum Gasteiger partial charge on any atom is 0.264 e. The lowest BCUT2D eigenvalue weighted by Gasteiger charge is -2.54. The molecule has 0 radical (unpaired) electrons. The molecule has 0 spiro atoms. The summed E-state index contributed by atoms with van der Waals surface area (Å²) in [6, 6.07) is 9.70. The van der Waals surface area contributed by atoms with E-state index < -0.39 is 11.4 Å². The summed E-state index contributed by atoms with van der Waals surface area (Å²) in [5.41, 5.74) is 1.19. The van der Waals surface area contributed by atoms with Gasteiger partial charge in [-0.15, -0.1) is 0 Å². The Labute approximate surface area is 183 Å². The van der Waals surface area contributed by atoms with Crippen molar-refractivity contribution in [1.29, 1.82) is 0 Å². The van der Waals surface area contributed by atoms with Crippen LogP contribution in [0.25, 0.3) is 0 Å². The molecule has 4 heteroatoms. The third kappa shape index (κ3) is 2.46. The number of benzene rings is 1. The lowest BCUT2D eigenvalue weighted by atomic mass is 9.51. The maximum atomic E-state index is 12.2. The number of epoxide rings is 1. The maximum absolute atomic E-state index is 12.2. The van der Waals surface area contributed by atoms with Gasteiger partial charge >= 0.3 is 0 Å². The van der Waals surface area contributed by atoms with Gasteiger partial charge in [0.05, 0.1) is 0 Å². The molecule has 4 aliphatic carbocycles. The summed E-state index contributed by atoms with van der Waals surface area (Å²) in [6.45, 7) is 4.93. The molecule has 1 heterocycles. The van der Waals surface area contributed by atoms with E-state index in [4.69, 9.17) is 9.47 Å². The summed E-state index contributed by atoms with van der Waals surface area (Å²) in [6.07, 6.45) is 12.5. The molecule has 162 valence electrons. The van der Waals surface area contributed by atoms with Crippen molar-refractivity contribution in [3.8, 4) is 5.75 Å².